The van der Waals surface area contributed by atoms with Gasteiger partial charge in [0.15, 0.2) is 0 Å². The number of halogens is 3. The molecule has 0 fully saturated rings. The van der Waals surface area contributed by atoms with E-state index in [1.165, 1.54) is 22.4 Å². The number of hydrogen-bond acceptors (Lipinski definition) is 0. The smallest absolute Gasteiger partial charge is 0.123 e. The Labute approximate surface area is 140 Å². The molecule has 0 saturated heterocycles. The first-order chi connectivity index (χ1) is 10.1. The molecule has 3 rings (SSSR count). The van der Waals surface area contributed by atoms with Crippen LogP contribution in [0.1, 0.15) is 16.0 Å². The van der Waals surface area contributed by atoms with Gasteiger partial charge in [0.05, 0.1) is 0 Å². The summed E-state index contributed by atoms with van der Waals surface area (Å²) in [6.45, 7) is 0. The Bertz CT molecular complexity index is 783. The number of hydrogen-bond donors (Lipinski definition) is 0. The third kappa shape index (κ3) is 3.19. The van der Waals surface area contributed by atoms with Crippen molar-refractivity contribution in [1.29, 1.82) is 0 Å². The Kier molecular flexibility index (Phi) is 4.41. The molecule has 0 aliphatic rings. The first kappa shape index (κ1) is 14.7. The first-order valence-electron chi connectivity index (χ1n) is 6.71. The van der Waals surface area contributed by atoms with E-state index in [9.17, 15) is 4.39 Å². The number of rotatable bonds is 3. The average Bonchev–Trinajstić information content (AvgIpc) is 2.48. The predicted octanol–water partition coefficient (Wildman–Crippen LogP) is 6.42. The van der Waals surface area contributed by atoms with Crippen LogP contribution < -0.4 is 0 Å². The van der Waals surface area contributed by atoms with E-state index in [2.05, 4.69) is 56.1 Å². The molecular formula is C18H13Br2F. The van der Waals surface area contributed by atoms with Crippen LogP contribution in [0, 0.1) is 5.82 Å². The Hall–Kier alpha value is -1.19. The van der Waals surface area contributed by atoms with Crippen molar-refractivity contribution >= 4 is 42.6 Å². The van der Waals surface area contributed by atoms with Gasteiger partial charge in [-0.15, -0.1) is 0 Å². The predicted molar refractivity (Wildman–Crippen MR) is 93.4 cm³/mol. The largest absolute Gasteiger partial charge is 0.207 e. The van der Waals surface area contributed by atoms with Crippen molar-refractivity contribution in [1.82, 2.24) is 0 Å². The third-order valence-corrected chi connectivity index (χ3v) is 5.05. The standard InChI is InChI=1S/C18H13Br2F/c19-17-9-8-16(14-6-1-2-7-15(14)17)18(20)11-12-4-3-5-13(21)10-12/h1-10,18H,11H2. The summed E-state index contributed by atoms with van der Waals surface area (Å²) in [5.41, 5.74) is 2.21. The molecule has 0 amide bonds. The highest BCUT2D eigenvalue weighted by molar-refractivity contribution is 9.10. The molecule has 0 aliphatic heterocycles. The van der Waals surface area contributed by atoms with Gasteiger partial charge in [0.2, 0.25) is 0 Å². The number of alkyl halides is 1. The molecule has 21 heavy (non-hydrogen) atoms. The van der Waals surface area contributed by atoms with Crippen molar-refractivity contribution in [3.63, 3.8) is 0 Å². The SMILES string of the molecule is Fc1cccc(CC(Br)c2ccc(Br)c3ccccc23)c1. The lowest BCUT2D eigenvalue weighted by atomic mass is 9.98. The molecule has 1 unspecified atom stereocenters. The second kappa shape index (κ2) is 6.29. The summed E-state index contributed by atoms with van der Waals surface area (Å²) in [6, 6.07) is 19.3. The molecule has 0 N–H and O–H groups in total. The molecule has 0 aromatic heterocycles. The normalized spacial score (nSPS) is 12.5. The number of benzene rings is 3. The maximum Gasteiger partial charge on any atom is 0.123 e. The Balaban J connectivity index is 1.98. The fraction of sp³-hybridized carbons (Fsp3) is 0.111. The zero-order valence-electron chi connectivity index (χ0n) is 11.2. The summed E-state index contributed by atoms with van der Waals surface area (Å²) in [4.78, 5) is 0.150. The van der Waals surface area contributed by atoms with E-state index in [1.54, 1.807) is 12.1 Å². The molecule has 0 nitrogen and oxygen atoms in total. The van der Waals surface area contributed by atoms with Gasteiger partial charge in [-0.3, -0.25) is 0 Å². The molecule has 1 atom stereocenters. The van der Waals surface area contributed by atoms with Crippen molar-refractivity contribution in [3.8, 4) is 0 Å². The minimum absolute atomic E-state index is 0.150. The lowest BCUT2D eigenvalue weighted by molar-refractivity contribution is 0.625. The molecule has 0 aliphatic carbocycles. The number of fused-ring (bicyclic) bond motifs is 1. The summed E-state index contributed by atoms with van der Waals surface area (Å²) in [5.74, 6) is -0.187. The maximum atomic E-state index is 13.3. The molecule has 3 aromatic carbocycles. The van der Waals surface area contributed by atoms with Gasteiger partial charge in [-0.1, -0.05) is 74.3 Å². The lowest BCUT2D eigenvalue weighted by Crippen LogP contribution is -1.97. The van der Waals surface area contributed by atoms with Gasteiger partial charge in [-0.2, -0.15) is 0 Å². The zero-order chi connectivity index (χ0) is 14.8. The topological polar surface area (TPSA) is 0 Å². The van der Waals surface area contributed by atoms with Crippen LogP contribution in [0.25, 0.3) is 10.8 Å². The van der Waals surface area contributed by atoms with Crippen LogP contribution in [0.5, 0.6) is 0 Å². The van der Waals surface area contributed by atoms with Crippen molar-refractivity contribution in [2.45, 2.75) is 11.2 Å². The van der Waals surface area contributed by atoms with Crippen LogP contribution >= 0.6 is 31.9 Å². The van der Waals surface area contributed by atoms with Crippen LogP contribution in [0.4, 0.5) is 4.39 Å². The van der Waals surface area contributed by atoms with E-state index in [0.717, 1.165) is 16.5 Å². The summed E-state index contributed by atoms with van der Waals surface area (Å²) in [6.07, 6.45) is 0.753. The van der Waals surface area contributed by atoms with Gasteiger partial charge < -0.3 is 0 Å². The van der Waals surface area contributed by atoms with E-state index in [-0.39, 0.29) is 10.6 Å². The second-order valence-corrected chi connectivity index (χ2v) is 6.94. The first-order valence-corrected chi connectivity index (χ1v) is 8.41. The Morgan fingerprint density at radius 1 is 0.905 bits per heavy atom. The molecule has 106 valence electrons. The average molecular weight is 408 g/mol. The van der Waals surface area contributed by atoms with Gasteiger partial charge >= 0.3 is 0 Å². The zero-order valence-corrected chi connectivity index (χ0v) is 14.4. The van der Waals surface area contributed by atoms with E-state index in [1.807, 2.05) is 18.2 Å². The van der Waals surface area contributed by atoms with Crippen molar-refractivity contribution in [2.24, 2.45) is 0 Å². The van der Waals surface area contributed by atoms with Crippen LogP contribution in [-0.4, -0.2) is 0 Å². The molecule has 0 bridgehead atoms. The molecule has 0 radical (unpaired) electrons. The Morgan fingerprint density at radius 2 is 1.67 bits per heavy atom. The quantitative estimate of drug-likeness (QED) is 0.439. The lowest BCUT2D eigenvalue weighted by Gasteiger charge is -2.14. The maximum absolute atomic E-state index is 13.3. The van der Waals surface area contributed by atoms with Gasteiger partial charge in [-0.05, 0) is 46.5 Å². The van der Waals surface area contributed by atoms with Crippen LogP contribution in [0.15, 0.2) is 65.1 Å². The van der Waals surface area contributed by atoms with E-state index >= 15 is 0 Å². The monoisotopic (exact) mass is 406 g/mol. The highest BCUT2D eigenvalue weighted by atomic mass is 79.9. The minimum atomic E-state index is -0.187. The second-order valence-electron chi connectivity index (χ2n) is 4.98. The van der Waals surface area contributed by atoms with E-state index < -0.39 is 0 Å². The van der Waals surface area contributed by atoms with Crippen LogP contribution in [0.2, 0.25) is 0 Å². The Morgan fingerprint density at radius 3 is 2.43 bits per heavy atom. The van der Waals surface area contributed by atoms with Crippen molar-refractivity contribution in [2.75, 3.05) is 0 Å². The van der Waals surface area contributed by atoms with Gasteiger partial charge in [0, 0.05) is 9.30 Å². The highest BCUT2D eigenvalue weighted by Crippen LogP contribution is 2.35. The summed E-state index contributed by atoms with van der Waals surface area (Å²) >= 11 is 7.35. The van der Waals surface area contributed by atoms with Gasteiger partial charge in [0.1, 0.15) is 5.82 Å². The van der Waals surface area contributed by atoms with Gasteiger partial charge in [-0.25, -0.2) is 4.39 Å². The molecule has 3 aromatic rings. The summed E-state index contributed by atoms with van der Waals surface area (Å²) in [5, 5.41) is 2.41. The van der Waals surface area contributed by atoms with Crippen molar-refractivity contribution < 1.29 is 4.39 Å². The van der Waals surface area contributed by atoms with E-state index in [0.29, 0.717) is 0 Å². The molecular weight excluding hydrogens is 395 g/mol. The molecule has 0 saturated carbocycles. The fourth-order valence-corrected chi connectivity index (χ4v) is 3.79. The highest BCUT2D eigenvalue weighted by Gasteiger charge is 2.13. The third-order valence-electron chi connectivity index (χ3n) is 3.55. The molecule has 0 heterocycles. The molecule has 0 spiro atoms. The van der Waals surface area contributed by atoms with Gasteiger partial charge in [0.25, 0.3) is 0 Å². The van der Waals surface area contributed by atoms with Crippen LogP contribution in [0.3, 0.4) is 0 Å². The fourth-order valence-electron chi connectivity index (χ4n) is 2.54. The summed E-state index contributed by atoms with van der Waals surface area (Å²) < 4.78 is 14.4. The summed E-state index contributed by atoms with van der Waals surface area (Å²) in [7, 11) is 0. The molecule has 3 heteroatoms. The van der Waals surface area contributed by atoms with Crippen LogP contribution in [-0.2, 0) is 6.42 Å². The van der Waals surface area contributed by atoms with E-state index in [4.69, 9.17) is 0 Å². The van der Waals surface area contributed by atoms with Crippen molar-refractivity contribution in [3.05, 3.63) is 82.1 Å². The minimum Gasteiger partial charge on any atom is -0.207 e.